The first kappa shape index (κ1) is 15.4. The van der Waals surface area contributed by atoms with Gasteiger partial charge in [0.2, 0.25) is 0 Å². The standard InChI is InChI=1S/C15H17BrN4O/c1-3-8-17-15(21)13-6-7-14(20-19-13)18-11-5-4-10(2)12(16)9-11/h4-7,9H,3,8H2,1-2H3,(H,17,21)(H,18,20). The molecule has 2 aromatic rings. The number of anilines is 2. The fourth-order valence-electron chi connectivity index (χ4n) is 1.67. The Morgan fingerprint density at radius 1 is 1.24 bits per heavy atom. The number of amides is 1. The molecule has 0 aliphatic heterocycles. The van der Waals surface area contributed by atoms with Crippen LogP contribution in [0.1, 0.15) is 29.4 Å². The van der Waals surface area contributed by atoms with Gasteiger partial charge in [-0.2, -0.15) is 0 Å². The normalized spacial score (nSPS) is 10.2. The number of aromatic nitrogens is 2. The molecular formula is C15H17BrN4O. The van der Waals surface area contributed by atoms with E-state index in [4.69, 9.17) is 0 Å². The van der Waals surface area contributed by atoms with Crippen LogP contribution in [-0.4, -0.2) is 22.6 Å². The van der Waals surface area contributed by atoms with Crippen molar-refractivity contribution < 1.29 is 4.79 Å². The van der Waals surface area contributed by atoms with Crippen molar-refractivity contribution in [2.24, 2.45) is 0 Å². The Hall–Kier alpha value is -1.95. The van der Waals surface area contributed by atoms with Gasteiger partial charge in [0.1, 0.15) is 0 Å². The third-order valence-corrected chi connectivity index (χ3v) is 3.73. The minimum Gasteiger partial charge on any atom is -0.351 e. The number of halogens is 1. The van der Waals surface area contributed by atoms with Crippen molar-refractivity contribution in [1.82, 2.24) is 15.5 Å². The molecule has 0 radical (unpaired) electrons. The van der Waals surface area contributed by atoms with E-state index in [0.29, 0.717) is 18.1 Å². The van der Waals surface area contributed by atoms with Crippen LogP contribution in [0, 0.1) is 6.92 Å². The van der Waals surface area contributed by atoms with E-state index in [1.165, 1.54) is 0 Å². The third kappa shape index (κ3) is 4.26. The Morgan fingerprint density at radius 3 is 2.67 bits per heavy atom. The molecule has 0 atom stereocenters. The van der Waals surface area contributed by atoms with E-state index in [2.05, 4.69) is 36.8 Å². The Morgan fingerprint density at radius 2 is 2.05 bits per heavy atom. The number of hydrogen-bond acceptors (Lipinski definition) is 4. The van der Waals surface area contributed by atoms with Gasteiger partial charge in [0.05, 0.1) is 0 Å². The van der Waals surface area contributed by atoms with Crippen molar-refractivity contribution in [2.45, 2.75) is 20.3 Å². The Kier molecular flexibility index (Phi) is 5.27. The predicted molar refractivity (Wildman–Crippen MR) is 86.8 cm³/mol. The van der Waals surface area contributed by atoms with Crippen LogP contribution in [-0.2, 0) is 0 Å². The van der Waals surface area contributed by atoms with Gasteiger partial charge in [-0.05, 0) is 43.2 Å². The Labute approximate surface area is 132 Å². The van der Waals surface area contributed by atoms with Crippen molar-refractivity contribution in [3.63, 3.8) is 0 Å². The molecule has 5 nitrogen and oxygen atoms in total. The molecule has 110 valence electrons. The summed E-state index contributed by atoms with van der Waals surface area (Å²) in [7, 11) is 0. The first-order chi connectivity index (χ1) is 10.1. The van der Waals surface area contributed by atoms with Crippen LogP contribution in [0.4, 0.5) is 11.5 Å². The number of benzene rings is 1. The Balaban J connectivity index is 2.05. The molecule has 0 saturated heterocycles. The van der Waals surface area contributed by atoms with Gasteiger partial charge in [-0.15, -0.1) is 10.2 Å². The summed E-state index contributed by atoms with van der Waals surface area (Å²) in [5.74, 6) is 0.395. The second kappa shape index (κ2) is 7.17. The number of aryl methyl sites for hydroxylation is 1. The molecule has 0 bridgehead atoms. The average Bonchev–Trinajstić information content (AvgIpc) is 2.49. The van der Waals surface area contributed by atoms with E-state index in [0.717, 1.165) is 22.1 Å². The molecule has 1 aromatic carbocycles. The highest BCUT2D eigenvalue weighted by molar-refractivity contribution is 9.10. The van der Waals surface area contributed by atoms with Crippen molar-refractivity contribution >= 4 is 33.3 Å². The van der Waals surface area contributed by atoms with E-state index in [1.807, 2.05) is 32.0 Å². The minimum atomic E-state index is -0.200. The molecule has 2 N–H and O–H groups in total. The third-order valence-electron chi connectivity index (χ3n) is 2.88. The first-order valence-corrected chi connectivity index (χ1v) is 7.54. The second-order valence-electron chi connectivity index (χ2n) is 4.65. The summed E-state index contributed by atoms with van der Waals surface area (Å²) in [6, 6.07) is 9.33. The molecule has 0 aliphatic rings. The molecule has 1 amide bonds. The smallest absolute Gasteiger partial charge is 0.271 e. The van der Waals surface area contributed by atoms with Crippen LogP contribution in [0.5, 0.6) is 0 Å². The predicted octanol–water partition coefficient (Wildman–Crippen LogP) is 3.43. The lowest BCUT2D eigenvalue weighted by Gasteiger charge is -2.07. The van der Waals surface area contributed by atoms with Gasteiger partial charge in [-0.25, -0.2) is 0 Å². The summed E-state index contributed by atoms with van der Waals surface area (Å²) in [6.07, 6.45) is 0.890. The summed E-state index contributed by atoms with van der Waals surface area (Å²) in [6.45, 7) is 4.66. The lowest BCUT2D eigenvalue weighted by molar-refractivity contribution is 0.0947. The number of nitrogens with zero attached hydrogens (tertiary/aromatic N) is 2. The maximum atomic E-state index is 11.7. The fourth-order valence-corrected chi connectivity index (χ4v) is 2.05. The molecule has 0 fully saturated rings. The van der Waals surface area contributed by atoms with Crippen LogP contribution < -0.4 is 10.6 Å². The molecule has 0 aliphatic carbocycles. The van der Waals surface area contributed by atoms with E-state index < -0.39 is 0 Å². The zero-order chi connectivity index (χ0) is 15.2. The summed E-state index contributed by atoms with van der Waals surface area (Å²) in [5, 5.41) is 13.9. The van der Waals surface area contributed by atoms with E-state index in [1.54, 1.807) is 12.1 Å². The largest absolute Gasteiger partial charge is 0.351 e. The van der Waals surface area contributed by atoms with E-state index >= 15 is 0 Å². The summed E-state index contributed by atoms with van der Waals surface area (Å²) in [5.41, 5.74) is 2.39. The first-order valence-electron chi connectivity index (χ1n) is 6.75. The number of hydrogen-bond donors (Lipinski definition) is 2. The second-order valence-corrected chi connectivity index (χ2v) is 5.50. The number of carbonyl (C=O) groups excluding carboxylic acids is 1. The van der Waals surface area contributed by atoms with Crippen LogP contribution in [0.15, 0.2) is 34.8 Å². The van der Waals surface area contributed by atoms with Crippen LogP contribution in [0.25, 0.3) is 0 Å². The number of carbonyl (C=O) groups is 1. The van der Waals surface area contributed by atoms with Crippen molar-refractivity contribution in [2.75, 3.05) is 11.9 Å². The SMILES string of the molecule is CCCNC(=O)c1ccc(Nc2ccc(C)c(Br)c2)nn1. The number of nitrogens with one attached hydrogen (secondary N) is 2. The van der Waals surface area contributed by atoms with E-state index in [-0.39, 0.29) is 5.91 Å². The van der Waals surface area contributed by atoms with Crippen molar-refractivity contribution in [1.29, 1.82) is 0 Å². The van der Waals surface area contributed by atoms with Crippen LogP contribution in [0.2, 0.25) is 0 Å². The lowest BCUT2D eigenvalue weighted by Crippen LogP contribution is -2.25. The number of rotatable bonds is 5. The van der Waals surface area contributed by atoms with Gasteiger partial charge in [0.15, 0.2) is 11.5 Å². The molecule has 0 unspecified atom stereocenters. The van der Waals surface area contributed by atoms with E-state index in [9.17, 15) is 4.79 Å². The van der Waals surface area contributed by atoms with Gasteiger partial charge < -0.3 is 10.6 Å². The zero-order valence-corrected chi connectivity index (χ0v) is 13.6. The minimum absolute atomic E-state index is 0.200. The monoisotopic (exact) mass is 348 g/mol. The van der Waals surface area contributed by atoms with Crippen LogP contribution in [0.3, 0.4) is 0 Å². The maximum absolute atomic E-state index is 11.7. The Bertz CT molecular complexity index is 628. The fraction of sp³-hybridized carbons (Fsp3) is 0.267. The highest BCUT2D eigenvalue weighted by atomic mass is 79.9. The van der Waals surface area contributed by atoms with Gasteiger partial charge in [0, 0.05) is 16.7 Å². The molecular weight excluding hydrogens is 332 g/mol. The van der Waals surface area contributed by atoms with Gasteiger partial charge in [0.25, 0.3) is 5.91 Å². The van der Waals surface area contributed by atoms with Gasteiger partial charge >= 0.3 is 0 Å². The molecule has 1 aromatic heterocycles. The molecule has 21 heavy (non-hydrogen) atoms. The summed E-state index contributed by atoms with van der Waals surface area (Å²) in [4.78, 5) is 11.7. The lowest BCUT2D eigenvalue weighted by atomic mass is 10.2. The highest BCUT2D eigenvalue weighted by Gasteiger charge is 2.07. The quantitative estimate of drug-likeness (QED) is 0.868. The molecule has 0 spiro atoms. The summed E-state index contributed by atoms with van der Waals surface area (Å²) >= 11 is 3.49. The maximum Gasteiger partial charge on any atom is 0.271 e. The molecule has 6 heteroatoms. The summed E-state index contributed by atoms with van der Waals surface area (Å²) < 4.78 is 1.02. The highest BCUT2D eigenvalue weighted by Crippen LogP contribution is 2.22. The topological polar surface area (TPSA) is 66.9 Å². The van der Waals surface area contributed by atoms with Crippen LogP contribution >= 0.6 is 15.9 Å². The van der Waals surface area contributed by atoms with Crippen molar-refractivity contribution in [3.8, 4) is 0 Å². The zero-order valence-electron chi connectivity index (χ0n) is 12.0. The van der Waals surface area contributed by atoms with Crippen molar-refractivity contribution in [3.05, 3.63) is 46.1 Å². The van der Waals surface area contributed by atoms with Gasteiger partial charge in [-0.3, -0.25) is 4.79 Å². The average molecular weight is 349 g/mol. The molecule has 0 saturated carbocycles. The van der Waals surface area contributed by atoms with Gasteiger partial charge in [-0.1, -0.05) is 28.9 Å². The molecule has 2 rings (SSSR count). The molecule has 1 heterocycles.